The zero-order valence-electron chi connectivity index (χ0n) is 8.88. The normalized spacial score (nSPS) is 36.1. The van der Waals surface area contributed by atoms with E-state index in [9.17, 15) is 4.79 Å². The number of carbonyl (C=O) groups excluding carboxylic acids is 1. The molecule has 76 valence electrons. The molecule has 0 aromatic carbocycles. The van der Waals surface area contributed by atoms with Gasteiger partial charge in [0.25, 0.3) is 0 Å². The second-order valence-electron chi connectivity index (χ2n) is 4.62. The molecule has 0 unspecified atom stereocenters. The summed E-state index contributed by atoms with van der Waals surface area (Å²) in [5, 5.41) is 0. The molecule has 2 aliphatic carbocycles. The van der Waals surface area contributed by atoms with Crippen molar-refractivity contribution in [3.8, 4) is 11.8 Å². The molecule has 0 N–H and O–H groups in total. The Labute approximate surface area is 86.3 Å². The molecular weight excluding hydrogens is 172 g/mol. The molecule has 0 aliphatic heterocycles. The number of hydrogen-bond donors (Lipinski definition) is 0. The van der Waals surface area contributed by atoms with Crippen molar-refractivity contribution in [3.63, 3.8) is 0 Å². The van der Waals surface area contributed by atoms with Gasteiger partial charge in [-0.05, 0) is 31.6 Å². The summed E-state index contributed by atoms with van der Waals surface area (Å²) < 4.78 is 0. The molecule has 1 heteroatoms. The average molecular weight is 190 g/mol. The van der Waals surface area contributed by atoms with Crippen LogP contribution in [0.25, 0.3) is 0 Å². The van der Waals surface area contributed by atoms with Gasteiger partial charge in [0.15, 0.2) is 0 Å². The highest BCUT2D eigenvalue weighted by Crippen LogP contribution is 2.45. The Balaban J connectivity index is 2.06. The van der Waals surface area contributed by atoms with E-state index in [1.807, 2.05) is 6.92 Å². The molecule has 2 rings (SSSR count). The summed E-state index contributed by atoms with van der Waals surface area (Å²) in [4.78, 5) is 11.8. The second kappa shape index (κ2) is 4.17. The maximum absolute atomic E-state index is 11.8. The molecule has 2 fully saturated rings. The van der Waals surface area contributed by atoms with Crippen molar-refractivity contribution in [1.82, 2.24) is 0 Å². The predicted molar refractivity (Wildman–Crippen MR) is 56.6 cm³/mol. The molecule has 0 radical (unpaired) electrons. The van der Waals surface area contributed by atoms with E-state index in [0.29, 0.717) is 17.6 Å². The van der Waals surface area contributed by atoms with Gasteiger partial charge in [-0.15, -0.1) is 11.8 Å². The number of rotatable bonds is 1. The van der Waals surface area contributed by atoms with Gasteiger partial charge < -0.3 is 0 Å². The lowest BCUT2D eigenvalue weighted by Gasteiger charge is -2.27. The van der Waals surface area contributed by atoms with Gasteiger partial charge in [0, 0.05) is 18.8 Å². The van der Waals surface area contributed by atoms with E-state index in [2.05, 4.69) is 11.8 Å². The van der Waals surface area contributed by atoms with E-state index in [-0.39, 0.29) is 5.92 Å². The first-order valence-corrected chi connectivity index (χ1v) is 5.75. The lowest BCUT2D eigenvalue weighted by atomic mass is 9.77. The molecule has 3 atom stereocenters. The smallest absolute Gasteiger partial charge is 0.137 e. The average Bonchev–Trinajstić information content (AvgIpc) is 2.51. The van der Waals surface area contributed by atoms with Gasteiger partial charge in [-0.25, -0.2) is 0 Å². The molecule has 0 amide bonds. The maximum Gasteiger partial charge on any atom is 0.137 e. The van der Waals surface area contributed by atoms with Crippen LogP contribution >= 0.6 is 0 Å². The van der Waals surface area contributed by atoms with Crippen molar-refractivity contribution in [2.45, 2.75) is 45.4 Å². The van der Waals surface area contributed by atoms with Crippen molar-refractivity contribution in [3.05, 3.63) is 0 Å². The first kappa shape index (κ1) is 9.77. The molecule has 2 saturated carbocycles. The van der Waals surface area contributed by atoms with Crippen LogP contribution in [-0.2, 0) is 4.79 Å². The number of fused-ring (bicyclic) bond motifs is 1. The highest BCUT2D eigenvalue weighted by molar-refractivity contribution is 5.84. The van der Waals surface area contributed by atoms with E-state index in [4.69, 9.17) is 0 Å². The first-order chi connectivity index (χ1) is 6.83. The summed E-state index contributed by atoms with van der Waals surface area (Å²) in [6.07, 6.45) is 6.88. The van der Waals surface area contributed by atoms with Crippen molar-refractivity contribution < 1.29 is 4.79 Å². The summed E-state index contributed by atoms with van der Waals surface area (Å²) in [7, 11) is 0. The molecule has 0 saturated heterocycles. The summed E-state index contributed by atoms with van der Waals surface area (Å²) in [5.74, 6) is 8.15. The molecule has 0 heterocycles. The highest BCUT2D eigenvalue weighted by atomic mass is 16.1. The van der Waals surface area contributed by atoms with Gasteiger partial charge in [0.05, 0.1) is 0 Å². The summed E-state index contributed by atoms with van der Waals surface area (Å²) in [6.45, 7) is 1.86. The fourth-order valence-corrected chi connectivity index (χ4v) is 3.15. The second-order valence-corrected chi connectivity index (χ2v) is 4.62. The van der Waals surface area contributed by atoms with Crippen molar-refractivity contribution in [1.29, 1.82) is 0 Å². The van der Waals surface area contributed by atoms with Crippen LogP contribution in [-0.4, -0.2) is 5.78 Å². The number of Topliss-reactive ketones (excluding diaryl/α,β-unsaturated/α-hetero) is 1. The SMILES string of the molecule is CC#CC[C@H]1C(=O)C[C@H]2CCCC[C@@H]21. The fraction of sp³-hybridized carbons (Fsp3) is 0.769. The molecule has 0 spiro atoms. The lowest BCUT2D eigenvalue weighted by molar-refractivity contribution is -0.121. The minimum atomic E-state index is 0.285. The number of hydrogen-bond acceptors (Lipinski definition) is 1. The Morgan fingerprint density at radius 2 is 2.14 bits per heavy atom. The molecule has 0 aromatic heterocycles. The van der Waals surface area contributed by atoms with Crippen LogP contribution in [0.1, 0.15) is 45.4 Å². The molecule has 0 aromatic rings. The van der Waals surface area contributed by atoms with Crippen molar-refractivity contribution in [2.75, 3.05) is 0 Å². The minimum Gasteiger partial charge on any atom is -0.299 e. The molecule has 14 heavy (non-hydrogen) atoms. The molecule has 1 nitrogen and oxygen atoms in total. The topological polar surface area (TPSA) is 17.1 Å². The third kappa shape index (κ3) is 1.71. The van der Waals surface area contributed by atoms with Crippen LogP contribution in [0.3, 0.4) is 0 Å². The predicted octanol–water partition coefficient (Wildman–Crippen LogP) is 2.80. The monoisotopic (exact) mass is 190 g/mol. The highest BCUT2D eigenvalue weighted by Gasteiger charge is 2.42. The zero-order chi connectivity index (χ0) is 9.97. The van der Waals surface area contributed by atoms with Gasteiger partial charge in [-0.3, -0.25) is 4.79 Å². The van der Waals surface area contributed by atoms with Crippen LogP contribution in [0.4, 0.5) is 0 Å². The van der Waals surface area contributed by atoms with Crippen LogP contribution in [0.2, 0.25) is 0 Å². The molecule has 0 bridgehead atoms. The van der Waals surface area contributed by atoms with E-state index in [0.717, 1.165) is 12.8 Å². The van der Waals surface area contributed by atoms with Gasteiger partial charge in [-0.1, -0.05) is 12.8 Å². The number of ketones is 1. The Bertz CT molecular complexity index is 281. The third-order valence-electron chi connectivity index (χ3n) is 3.86. The number of carbonyl (C=O) groups is 1. The van der Waals surface area contributed by atoms with Gasteiger partial charge in [0.1, 0.15) is 5.78 Å². The Hall–Kier alpha value is -0.770. The summed E-state index contributed by atoms with van der Waals surface area (Å²) in [6, 6.07) is 0. The molecule has 2 aliphatic rings. The minimum absolute atomic E-state index is 0.285. The van der Waals surface area contributed by atoms with Gasteiger partial charge in [-0.2, -0.15) is 0 Å². The summed E-state index contributed by atoms with van der Waals surface area (Å²) in [5.41, 5.74) is 0. The molecular formula is C13H18O. The third-order valence-corrected chi connectivity index (χ3v) is 3.86. The first-order valence-electron chi connectivity index (χ1n) is 5.75. The van der Waals surface area contributed by atoms with Crippen LogP contribution < -0.4 is 0 Å². The van der Waals surface area contributed by atoms with Gasteiger partial charge in [0.2, 0.25) is 0 Å². The standard InChI is InChI=1S/C13H18O/c1-2-3-7-12-11-8-5-4-6-10(11)9-13(12)14/h10-12H,4-9H2,1H3/t10-,11+,12-/m1/s1. The quantitative estimate of drug-likeness (QED) is 0.581. The van der Waals surface area contributed by atoms with Crippen LogP contribution in [0.5, 0.6) is 0 Å². The van der Waals surface area contributed by atoms with Crippen molar-refractivity contribution >= 4 is 5.78 Å². The zero-order valence-corrected chi connectivity index (χ0v) is 8.88. The van der Waals surface area contributed by atoms with E-state index < -0.39 is 0 Å². The lowest BCUT2D eigenvalue weighted by Crippen LogP contribution is -2.20. The fourth-order valence-electron chi connectivity index (χ4n) is 3.15. The Kier molecular flexibility index (Phi) is 2.91. The van der Waals surface area contributed by atoms with E-state index >= 15 is 0 Å². The van der Waals surface area contributed by atoms with Crippen LogP contribution in [0.15, 0.2) is 0 Å². The Morgan fingerprint density at radius 3 is 2.93 bits per heavy atom. The van der Waals surface area contributed by atoms with E-state index in [1.54, 1.807) is 0 Å². The van der Waals surface area contributed by atoms with E-state index in [1.165, 1.54) is 25.7 Å². The Morgan fingerprint density at radius 1 is 1.36 bits per heavy atom. The largest absolute Gasteiger partial charge is 0.299 e. The van der Waals surface area contributed by atoms with Gasteiger partial charge >= 0.3 is 0 Å². The van der Waals surface area contributed by atoms with Crippen molar-refractivity contribution in [2.24, 2.45) is 17.8 Å². The maximum atomic E-state index is 11.8. The summed E-state index contributed by atoms with van der Waals surface area (Å²) >= 11 is 0. The van der Waals surface area contributed by atoms with Crippen LogP contribution in [0, 0.1) is 29.6 Å².